The van der Waals surface area contributed by atoms with Crippen LogP contribution in [0.4, 0.5) is 0 Å². The molecule has 0 aromatic rings. The van der Waals surface area contributed by atoms with E-state index in [4.69, 9.17) is 52.1 Å². The molecule has 0 saturated carbocycles. The molecule has 0 spiro atoms. The van der Waals surface area contributed by atoms with Gasteiger partial charge >= 0.3 is 0 Å². The second-order valence-corrected chi connectivity index (χ2v) is 16.4. The van der Waals surface area contributed by atoms with E-state index in [0.29, 0.717) is 0 Å². The molecule has 0 aromatic heterocycles. The van der Waals surface area contributed by atoms with Gasteiger partial charge in [-0.1, -0.05) is 0 Å². The Balaban J connectivity index is 1.12. The number of aliphatic hydroxyl groups excluding tert-OH is 19. The fourth-order valence-electron chi connectivity index (χ4n) is 7.91. The molecule has 30 nitrogen and oxygen atoms in total. The molecule has 0 amide bonds. The van der Waals surface area contributed by atoms with Gasteiger partial charge in [0.25, 0.3) is 0 Å². The minimum atomic E-state index is -2.10. The molecule has 6 aliphatic rings. The summed E-state index contributed by atoms with van der Waals surface area (Å²) in [6, 6.07) is 0. The Morgan fingerprint density at radius 3 is 1.15 bits per heavy atom. The quantitative estimate of drug-likeness (QED) is 0.0724. The first-order valence-electron chi connectivity index (χ1n) is 20.5. The van der Waals surface area contributed by atoms with Gasteiger partial charge in [0.1, 0.15) is 140 Å². The van der Waals surface area contributed by atoms with Crippen molar-refractivity contribution in [2.45, 2.75) is 178 Å². The van der Waals surface area contributed by atoms with Crippen LogP contribution in [0.1, 0.15) is 0 Å². The van der Waals surface area contributed by atoms with Gasteiger partial charge in [0.2, 0.25) is 0 Å². The lowest BCUT2D eigenvalue weighted by Crippen LogP contribution is -2.65. The van der Waals surface area contributed by atoms with Gasteiger partial charge in [-0.3, -0.25) is 0 Å². The zero-order chi connectivity index (χ0) is 47.8. The lowest BCUT2D eigenvalue weighted by molar-refractivity contribution is -0.371. The van der Waals surface area contributed by atoms with Crippen molar-refractivity contribution in [2.75, 3.05) is 39.6 Å². The van der Waals surface area contributed by atoms with Crippen LogP contribution >= 0.6 is 0 Å². The summed E-state index contributed by atoms with van der Waals surface area (Å²) < 4.78 is 60.2. The highest BCUT2D eigenvalue weighted by atomic mass is 16.8. The van der Waals surface area contributed by atoms with E-state index in [1.165, 1.54) is 0 Å². The molecular weight excluding hydrogens is 900 g/mol. The maximum atomic E-state index is 11.4. The molecule has 30 heteroatoms. The number of ether oxygens (including phenoxy) is 11. The van der Waals surface area contributed by atoms with Gasteiger partial charge in [-0.25, -0.2) is 0 Å². The Kier molecular flexibility index (Phi) is 18.6. The van der Waals surface area contributed by atoms with E-state index in [-0.39, 0.29) is 0 Å². The standard InChI is InChI=1S/C35H60O30/c36-1-8-14(40)19(45)24(50)34(60-8)64-28-17(43)11(59-30(54)26(28)52)5-57-32-23(49)21(47)16(42)10(62-32)4-58-33-27(53)29(65-35-25(51)20(46)15(41)9(2-37)61-35)18(44)12(63-33)6-56-31-22(48)13(39)7(38)3-55-31/h7-54H,1-6H2/t7-,8-,9-,10-,11-,12-,13+,14-,15-,16-,17-,18-,19+,20+,21+,22-,23-,24-,25-,26-,27-,28+,29+,30?,31+,32-,33-,34+,35+/m1/s1. The molecule has 1 unspecified atom stereocenters. The first-order valence-corrected chi connectivity index (χ1v) is 20.5. The summed E-state index contributed by atoms with van der Waals surface area (Å²) in [4.78, 5) is 0. The van der Waals surface area contributed by atoms with E-state index in [1.807, 2.05) is 0 Å². The van der Waals surface area contributed by atoms with Crippen molar-refractivity contribution in [1.82, 2.24) is 0 Å². The molecular formula is C35H60O30. The molecule has 0 bridgehead atoms. The minimum absolute atomic E-state index is 0.473. The Labute approximate surface area is 366 Å². The fraction of sp³-hybridized carbons (Fsp3) is 1.00. The largest absolute Gasteiger partial charge is 0.394 e. The van der Waals surface area contributed by atoms with Crippen molar-refractivity contribution in [3.05, 3.63) is 0 Å². The summed E-state index contributed by atoms with van der Waals surface area (Å²) in [5.74, 6) is 0. The molecule has 29 atom stereocenters. The van der Waals surface area contributed by atoms with Gasteiger partial charge in [-0.05, 0) is 0 Å². The van der Waals surface area contributed by atoms with E-state index < -0.39 is 218 Å². The van der Waals surface area contributed by atoms with E-state index in [2.05, 4.69) is 0 Å². The van der Waals surface area contributed by atoms with Crippen molar-refractivity contribution in [1.29, 1.82) is 0 Å². The highest BCUT2D eigenvalue weighted by Gasteiger charge is 2.54. The van der Waals surface area contributed by atoms with Crippen LogP contribution in [0.3, 0.4) is 0 Å². The van der Waals surface area contributed by atoms with Crippen LogP contribution < -0.4 is 0 Å². The maximum Gasteiger partial charge on any atom is 0.187 e. The van der Waals surface area contributed by atoms with Gasteiger partial charge < -0.3 is 149 Å². The van der Waals surface area contributed by atoms with Crippen LogP contribution in [-0.4, -0.2) is 315 Å². The summed E-state index contributed by atoms with van der Waals surface area (Å²) in [7, 11) is 0. The van der Waals surface area contributed by atoms with Crippen LogP contribution in [0.5, 0.6) is 0 Å². The molecule has 19 N–H and O–H groups in total. The Hall–Kier alpha value is -1.20. The van der Waals surface area contributed by atoms with Gasteiger partial charge in [-0.15, -0.1) is 0 Å². The summed E-state index contributed by atoms with van der Waals surface area (Å²) in [5, 5.41) is 198. The summed E-state index contributed by atoms with van der Waals surface area (Å²) in [6.45, 7) is -4.59. The van der Waals surface area contributed by atoms with Gasteiger partial charge in [0.05, 0.1) is 39.6 Å². The molecule has 65 heavy (non-hydrogen) atoms. The molecule has 6 fully saturated rings. The van der Waals surface area contributed by atoms with E-state index in [0.717, 1.165) is 0 Å². The van der Waals surface area contributed by atoms with Crippen LogP contribution in [0.15, 0.2) is 0 Å². The van der Waals surface area contributed by atoms with Crippen molar-refractivity contribution in [3.8, 4) is 0 Å². The van der Waals surface area contributed by atoms with E-state index in [1.54, 1.807) is 0 Å². The van der Waals surface area contributed by atoms with E-state index >= 15 is 0 Å². The van der Waals surface area contributed by atoms with Gasteiger partial charge in [0.15, 0.2) is 37.7 Å². The predicted molar refractivity (Wildman–Crippen MR) is 193 cm³/mol. The number of aliphatic hydroxyl groups is 19. The lowest BCUT2D eigenvalue weighted by atomic mass is 9.96. The van der Waals surface area contributed by atoms with Crippen molar-refractivity contribution in [2.24, 2.45) is 0 Å². The van der Waals surface area contributed by atoms with Crippen LogP contribution in [0.2, 0.25) is 0 Å². The smallest absolute Gasteiger partial charge is 0.187 e. The second kappa shape index (κ2) is 22.7. The monoisotopic (exact) mass is 960 g/mol. The molecule has 6 rings (SSSR count). The average Bonchev–Trinajstić information content (AvgIpc) is 3.29. The Morgan fingerprint density at radius 1 is 0.323 bits per heavy atom. The molecule has 6 heterocycles. The minimum Gasteiger partial charge on any atom is -0.394 e. The molecule has 6 aliphatic heterocycles. The van der Waals surface area contributed by atoms with Gasteiger partial charge in [0, 0.05) is 0 Å². The Bertz CT molecular complexity index is 1450. The molecule has 6 saturated heterocycles. The van der Waals surface area contributed by atoms with Crippen molar-refractivity contribution < 1.29 is 149 Å². The SMILES string of the molecule is OC[C@H]1O[C@@H](O[C@@H]2[C@@H](O)[C@H](OC[C@H]3O[C@@H](OC[C@H]4OC(O)[C@H](O)[C@@H](O[C@@H]5O[C@H](CO)[C@@H](O)[C@H](O)[C@H]5O)[C@@H]4O)[C@H](O)[C@@H](O)[C@@H]3O)O[C@H](CO[C@@H]3OC[C@@H](O)[C@H](O)[C@H]3O)[C@H]2O)[C@H](O)[C@@H](O)[C@@H]1O. The molecule has 0 aliphatic carbocycles. The van der Waals surface area contributed by atoms with Crippen molar-refractivity contribution >= 4 is 0 Å². The normalized spacial score (nSPS) is 53.5. The third-order valence-corrected chi connectivity index (χ3v) is 12.0. The predicted octanol–water partition coefficient (Wildman–Crippen LogP) is -13.5. The number of rotatable bonds is 15. The summed E-state index contributed by atoms with van der Waals surface area (Å²) in [5.41, 5.74) is 0. The zero-order valence-electron chi connectivity index (χ0n) is 34.0. The number of hydrogen-bond acceptors (Lipinski definition) is 30. The molecule has 0 aromatic carbocycles. The average molecular weight is 961 g/mol. The van der Waals surface area contributed by atoms with Crippen LogP contribution in [0.25, 0.3) is 0 Å². The lowest BCUT2D eigenvalue weighted by Gasteiger charge is -2.47. The zero-order valence-corrected chi connectivity index (χ0v) is 34.0. The van der Waals surface area contributed by atoms with E-state index in [9.17, 15) is 97.0 Å². The second-order valence-electron chi connectivity index (χ2n) is 16.4. The fourth-order valence-corrected chi connectivity index (χ4v) is 7.91. The summed E-state index contributed by atoms with van der Waals surface area (Å²) in [6.07, 6.45) is -53.4. The molecule has 380 valence electrons. The Morgan fingerprint density at radius 2 is 0.677 bits per heavy atom. The van der Waals surface area contributed by atoms with Gasteiger partial charge in [-0.2, -0.15) is 0 Å². The highest BCUT2D eigenvalue weighted by Crippen LogP contribution is 2.33. The van der Waals surface area contributed by atoms with Crippen LogP contribution in [-0.2, 0) is 52.1 Å². The third-order valence-electron chi connectivity index (χ3n) is 12.0. The van der Waals surface area contributed by atoms with Crippen molar-refractivity contribution in [3.63, 3.8) is 0 Å². The number of hydrogen-bond donors (Lipinski definition) is 19. The first-order chi connectivity index (χ1) is 30.7. The van der Waals surface area contributed by atoms with Crippen LogP contribution in [0, 0.1) is 0 Å². The third kappa shape index (κ3) is 11.4. The maximum absolute atomic E-state index is 11.4. The highest BCUT2D eigenvalue weighted by molar-refractivity contribution is 4.97. The summed E-state index contributed by atoms with van der Waals surface area (Å²) >= 11 is 0. The topological polar surface area (TPSA) is 486 Å². The molecule has 0 radical (unpaired) electrons. The first kappa shape index (κ1) is 53.2.